The lowest BCUT2D eigenvalue weighted by Gasteiger charge is -2.03. The normalized spacial score (nSPS) is 10.5. The minimum atomic E-state index is -0.127. The molecule has 0 amide bonds. The summed E-state index contributed by atoms with van der Waals surface area (Å²) in [6.45, 7) is 2.05. The molecule has 2 rings (SSSR count). The number of rotatable bonds is 4. The first-order valence-corrected chi connectivity index (χ1v) is 6.48. The Hall–Kier alpha value is -1.82. The van der Waals surface area contributed by atoms with Gasteiger partial charge in [0.1, 0.15) is 5.82 Å². The number of nitrogen functional groups attached to an aromatic ring is 1. The van der Waals surface area contributed by atoms with E-state index in [9.17, 15) is 4.79 Å². The van der Waals surface area contributed by atoms with Crippen LogP contribution in [0.15, 0.2) is 39.2 Å². The third kappa shape index (κ3) is 3.33. The molecule has 2 heterocycles. The molecule has 0 bridgehead atoms. The number of aromatic amines is 1. The standard InChI is InChI=1S/C12H14N4OS/c1-2-3-8-6-11(17)16-12(15-8)18-9-4-5-14-10(13)7-9/h4-7H,2-3H2,1H3,(H2,13,14)(H,15,16,17). The highest BCUT2D eigenvalue weighted by molar-refractivity contribution is 7.99. The van der Waals surface area contributed by atoms with Gasteiger partial charge in [0.25, 0.3) is 5.56 Å². The van der Waals surface area contributed by atoms with Crippen molar-refractivity contribution >= 4 is 17.6 Å². The van der Waals surface area contributed by atoms with Gasteiger partial charge in [-0.05, 0) is 18.6 Å². The largest absolute Gasteiger partial charge is 0.384 e. The van der Waals surface area contributed by atoms with Crippen molar-refractivity contribution in [3.63, 3.8) is 0 Å². The molecular weight excluding hydrogens is 248 g/mol. The van der Waals surface area contributed by atoms with E-state index in [0.29, 0.717) is 11.0 Å². The Morgan fingerprint density at radius 3 is 3.00 bits per heavy atom. The molecule has 0 aliphatic rings. The molecule has 18 heavy (non-hydrogen) atoms. The zero-order valence-corrected chi connectivity index (χ0v) is 10.8. The van der Waals surface area contributed by atoms with E-state index in [4.69, 9.17) is 5.73 Å². The van der Waals surface area contributed by atoms with Crippen LogP contribution in [0.5, 0.6) is 0 Å². The molecule has 3 N–H and O–H groups in total. The molecule has 5 nitrogen and oxygen atoms in total. The zero-order chi connectivity index (χ0) is 13.0. The fraction of sp³-hybridized carbons (Fsp3) is 0.250. The first-order valence-electron chi connectivity index (χ1n) is 5.67. The van der Waals surface area contributed by atoms with E-state index < -0.39 is 0 Å². The summed E-state index contributed by atoms with van der Waals surface area (Å²) in [6, 6.07) is 5.11. The summed E-state index contributed by atoms with van der Waals surface area (Å²) in [7, 11) is 0. The van der Waals surface area contributed by atoms with Crippen molar-refractivity contribution in [2.45, 2.75) is 29.8 Å². The first kappa shape index (κ1) is 12.6. The van der Waals surface area contributed by atoms with Gasteiger partial charge in [0.15, 0.2) is 5.16 Å². The summed E-state index contributed by atoms with van der Waals surface area (Å²) in [5.41, 5.74) is 6.29. The number of pyridine rings is 1. The predicted molar refractivity (Wildman–Crippen MR) is 71.6 cm³/mol. The summed E-state index contributed by atoms with van der Waals surface area (Å²) in [5.74, 6) is 0.451. The fourth-order valence-electron chi connectivity index (χ4n) is 1.52. The first-order chi connectivity index (χ1) is 8.67. The van der Waals surface area contributed by atoms with Gasteiger partial charge in [-0.1, -0.05) is 25.1 Å². The molecule has 2 aromatic heterocycles. The monoisotopic (exact) mass is 262 g/mol. The highest BCUT2D eigenvalue weighted by Crippen LogP contribution is 2.24. The van der Waals surface area contributed by atoms with E-state index in [1.165, 1.54) is 17.8 Å². The second kappa shape index (κ2) is 5.68. The average Bonchev–Trinajstić information content (AvgIpc) is 2.28. The fourth-order valence-corrected chi connectivity index (χ4v) is 2.37. The Morgan fingerprint density at radius 2 is 2.28 bits per heavy atom. The van der Waals surface area contributed by atoms with Crippen LogP contribution in [0, 0.1) is 0 Å². The average molecular weight is 262 g/mol. The number of anilines is 1. The number of hydrogen-bond acceptors (Lipinski definition) is 5. The van der Waals surface area contributed by atoms with Gasteiger partial charge in [-0.2, -0.15) is 0 Å². The third-order valence-electron chi connectivity index (χ3n) is 2.25. The minimum absolute atomic E-state index is 0.127. The molecule has 0 fully saturated rings. The van der Waals surface area contributed by atoms with Crippen molar-refractivity contribution in [2.75, 3.05) is 5.73 Å². The lowest BCUT2D eigenvalue weighted by molar-refractivity contribution is 0.816. The Morgan fingerprint density at radius 1 is 1.44 bits per heavy atom. The molecule has 0 aliphatic heterocycles. The van der Waals surface area contributed by atoms with Gasteiger partial charge in [-0.3, -0.25) is 4.79 Å². The van der Waals surface area contributed by atoms with Crippen LogP contribution >= 0.6 is 11.8 Å². The maximum Gasteiger partial charge on any atom is 0.251 e. The zero-order valence-electron chi connectivity index (χ0n) is 10.0. The van der Waals surface area contributed by atoms with Crippen LogP contribution in [-0.2, 0) is 6.42 Å². The topological polar surface area (TPSA) is 84.7 Å². The van der Waals surface area contributed by atoms with E-state index in [1.54, 1.807) is 12.3 Å². The number of aromatic nitrogens is 3. The smallest absolute Gasteiger partial charge is 0.251 e. The van der Waals surface area contributed by atoms with Gasteiger partial charge in [0.05, 0.1) is 0 Å². The highest BCUT2D eigenvalue weighted by Gasteiger charge is 2.04. The van der Waals surface area contributed by atoms with E-state index >= 15 is 0 Å². The summed E-state index contributed by atoms with van der Waals surface area (Å²) in [4.78, 5) is 23.4. The van der Waals surface area contributed by atoms with E-state index in [0.717, 1.165) is 23.4 Å². The SMILES string of the molecule is CCCc1cc(=O)[nH]c(Sc2ccnc(N)c2)n1. The quantitative estimate of drug-likeness (QED) is 0.821. The van der Waals surface area contributed by atoms with Crippen LogP contribution < -0.4 is 11.3 Å². The van der Waals surface area contributed by atoms with Gasteiger partial charge in [-0.25, -0.2) is 9.97 Å². The minimum Gasteiger partial charge on any atom is -0.384 e. The number of nitrogens with zero attached hydrogens (tertiary/aromatic N) is 2. The number of hydrogen-bond donors (Lipinski definition) is 2. The molecule has 2 aromatic rings. The summed E-state index contributed by atoms with van der Waals surface area (Å²) in [6.07, 6.45) is 3.39. The van der Waals surface area contributed by atoms with E-state index in [2.05, 4.69) is 21.9 Å². The van der Waals surface area contributed by atoms with Crippen LogP contribution in [0.1, 0.15) is 19.0 Å². The van der Waals surface area contributed by atoms with Crippen molar-refractivity contribution in [3.05, 3.63) is 40.4 Å². The van der Waals surface area contributed by atoms with Crippen molar-refractivity contribution in [3.8, 4) is 0 Å². The third-order valence-corrected chi connectivity index (χ3v) is 3.12. The lowest BCUT2D eigenvalue weighted by Crippen LogP contribution is -2.09. The van der Waals surface area contributed by atoms with Crippen molar-refractivity contribution in [1.82, 2.24) is 15.0 Å². The molecule has 0 unspecified atom stereocenters. The Kier molecular flexibility index (Phi) is 3.99. The summed E-state index contributed by atoms with van der Waals surface area (Å²) >= 11 is 1.37. The maximum atomic E-state index is 11.5. The van der Waals surface area contributed by atoms with Crippen LogP contribution in [0.2, 0.25) is 0 Å². The van der Waals surface area contributed by atoms with Gasteiger partial charge in [0, 0.05) is 22.9 Å². The number of aryl methyl sites for hydroxylation is 1. The van der Waals surface area contributed by atoms with Crippen molar-refractivity contribution in [2.24, 2.45) is 0 Å². The van der Waals surface area contributed by atoms with Crippen LogP contribution in [-0.4, -0.2) is 15.0 Å². The second-order valence-electron chi connectivity index (χ2n) is 3.81. The predicted octanol–water partition coefficient (Wildman–Crippen LogP) is 1.85. The molecule has 6 heteroatoms. The molecule has 94 valence electrons. The molecule has 0 saturated heterocycles. The molecule has 0 aromatic carbocycles. The lowest BCUT2D eigenvalue weighted by atomic mass is 10.2. The second-order valence-corrected chi connectivity index (χ2v) is 4.87. The van der Waals surface area contributed by atoms with Gasteiger partial charge >= 0.3 is 0 Å². The number of nitrogens with one attached hydrogen (secondary N) is 1. The summed E-state index contributed by atoms with van der Waals surface area (Å²) in [5, 5.41) is 0.580. The number of H-pyrrole nitrogens is 1. The molecule has 0 atom stereocenters. The highest BCUT2D eigenvalue weighted by atomic mass is 32.2. The molecular formula is C12H14N4OS. The Bertz CT molecular complexity index is 597. The molecule has 0 aliphatic carbocycles. The Balaban J connectivity index is 2.26. The van der Waals surface area contributed by atoms with E-state index in [1.807, 2.05) is 6.07 Å². The van der Waals surface area contributed by atoms with Crippen LogP contribution in [0.3, 0.4) is 0 Å². The van der Waals surface area contributed by atoms with Gasteiger partial charge in [0.2, 0.25) is 0 Å². The molecule has 0 saturated carbocycles. The Labute approximate surface area is 109 Å². The van der Waals surface area contributed by atoms with Crippen LogP contribution in [0.4, 0.5) is 5.82 Å². The molecule has 0 spiro atoms. The number of nitrogens with two attached hydrogens (primary N) is 1. The van der Waals surface area contributed by atoms with E-state index in [-0.39, 0.29) is 5.56 Å². The van der Waals surface area contributed by atoms with Gasteiger partial charge in [-0.15, -0.1) is 0 Å². The van der Waals surface area contributed by atoms with Gasteiger partial charge < -0.3 is 10.7 Å². The van der Waals surface area contributed by atoms with Crippen molar-refractivity contribution in [1.29, 1.82) is 0 Å². The molecule has 0 radical (unpaired) electrons. The maximum absolute atomic E-state index is 11.5. The summed E-state index contributed by atoms with van der Waals surface area (Å²) < 4.78 is 0. The van der Waals surface area contributed by atoms with Crippen LogP contribution in [0.25, 0.3) is 0 Å². The van der Waals surface area contributed by atoms with Crippen molar-refractivity contribution < 1.29 is 0 Å².